The molecule has 0 saturated carbocycles. The highest BCUT2D eigenvalue weighted by atomic mass is 16.3. The molecule has 6 aromatic carbocycles. The number of aromatic hydroxyl groups is 6. The van der Waals surface area contributed by atoms with Gasteiger partial charge >= 0.3 is 0 Å². The maximum Gasteiger partial charge on any atom is 0.119 e. The minimum absolute atomic E-state index is 0.127. The van der Waals surface area contributed by atoms with Gasteiger partial charge in [0.25, 0.3) is 0 Å². The normalized spacial score (nSPS) is 11.4. The summed E-state index contributed by atoms with van der Waals surface area (Å²) in [6.45, 7) is 7.34. The van der Waals surface area contributed by atoms with E-state index in [2.05, 4.69) is 0 Å². The predicted molar refractivity (Wildman–Crippen MR) is 192 cm³/mol. The lowest BCUT2D eigenvalue weighted by molar-refractivity contribution is 0.465. The molecule has 6 rings (SSSR count). The molecule has 0 saturated heterocycles. The molecule has 0 spiro atoms. The number of benzene rings is 6. The summed E-state index contributed by atoms with van der Waals surface area (Å²) in [7, 11) is 0. The van der Waals surface area contributed by atoms with Gasteiger partial charge < -0.3 is 30.6 Å². The Labute approximate surface area is 286 Å². The molecule has 0 atom stereocenters. The Balaban J connectivity index is 1.44. The summed E-state index contributed by atoms with van der Waals surface area (Å²) in [6, 6.07) is 32.8. The van der Waals surface area contributed by atoms with Gasteiger partial charge in [0.2, 0.25) is 0 Å². The largest absolute Gasteiger partial charge is 0.508 e. The monoisotopic (exact) mass is 652 g/mol. The first-order valence-corrected chi connectivity index (χ1v) is 16.2. The van der Waals surface area contributed by atoms with Crippen LogP contribution in [0.1, 0.15) is 78.6 Å². The minimum atomic E-state index is -0.381. The van der Waals surface area contributed by atoms with Crippen LogP contribution in [0.4, 0.5) is 0 Å². The van der Waals surface area contributed by atoms with Crippen LogP contribution in [-0.2, 0) is 6.42 Å². The molecule has 248 valence electrons. The first-order chi connectivity index (χ1) is 23.4. The third-order valence-electron chi connectivity index (χ3n) is 9.43. The molecule has 0 fully saturated rings. The molecule has 0 bridgehead atoms. The van der Waals surface area contributed by atoms with Crippen molar-refractivity contribution in [2.75, 3.05) is 0 Å². The third kappa shape index (κ3) is 6.76. The fraction of sp³-hybridized carbons (Fsp3) is 0.163. The molecule has 49 heavy (non-hydrogen) atoms. The summed E-state index contributed by atoms with van der Waals surface area (Å²) < 4.78 is 0. The molecule has 6 N–H and O–H groups in total. The molecule has 0 amide bonds. The Morgan fingerprint density at radius 2 is 0.612 bits per heavy atom. The second-order valence-corrected chi connectivity index (χ2v) is 13.0. The van der Waals surface area contributed by atoms with Gasteiger partial charge in [-0.25, -0.2) is 0 Å². The molecule has 0 heterocycles. The van der Waals surface area contributed by atoms with E-state index in [1.165, 1.54) is 0 Å². The van der Waals surface area contributed by atoms with Crippen molar-refractivity contribution < 1.29 is 30.6 Å². The number of aryl methyl sites for hydroxylation is 4. The summed E-state index contributed by atoms with van der Waals surface area (Å²) in [4.78, 5) is 0. The zero-order valence-corrected chi connectivity index (χ0v) is 27.9. The summed E-state index contributed by atoms with van der Waals surface area (Å²) in [5.41, 5.74) is 9.65. The van der Waals surface area contributed by atoms with E-state index < -0.39 is 0 Å². The summed E-state index contributed by atoms with van der Waals surface area (Å²) in [5.74, 6) is 0.247. The molecule has 0 unspecified atom stereocenters. The Morgan fingerprint density at radius 3 is 0.878 bits per heavy atom. The lowest BCUT2D eigenvalue weighted by Crippen LogP contribution is -2.07. The van der Waals surface area contributed by atoms with Crippen LogP contribution in [0.3, 0.4) is 0 Å². The predicted octanol–water partition coefficient (Wildman–Crippen LogP) is 9.11. The SMILES string of the molecule is Cc1cc(C(c2ccc(O)c(C)c2)c2cc(Cc3ccc(O)c(C(c4ccc(O)c(C)c4)c4ccc(O)c(C)c4)c3)ccc2O)ccc1O. The molecular formula is C43H40O6. The standard InChI is InChI=1S/C43H40O6/c1-24-17-30(7-13-36(24)44)42(31-8-14-37(45)25(2)18-31)34-22-28(5-11-40(34)48)21-29-6-12-41(49)35(23-29)43(32-9-15-38(46)26(3)19-32)33-10-16-39(47)27(4)20-33/h5-20,22-23,42-49H,21H2,1-4H3. The maximum atomic E-state index is 11.3. The van der Waals surface area contributed by atoms with Gasteiger partial charge in [0.15, 0.2) is 0 Å². The van der Waals surface area contributed by atoms with E-state index >= 15 is 0 Å². The van der Waals surface area contributed by atoms with Gasteiger partial charge in [-0.05, 0) is 126 Å². The number of hydrogen-bond acceptors (Lipinski definition) is 6. The van der Waals surface area contributed by atoms with Crippen molar-refractivity contribution in [3.05, 3.63) is 176 Å². The van der Waals surface area contributed by atoms with Crippen LogP contribution in [0.2, 0.25) is 0 Å². The van der Waals surface area contributed by atoms with Gasteiger partial charge in [-0.15, -0.1) is 0 Å². The van der Waals surface area contributed by atoms with Gasteiger partial charge in [0, 0.05) is 23.0 Å². The highest BCUT2D eigenvalue weighted by Crippen LogP contribution is 2.42. The van der Waals surface area contributed by atoms with E-state index in [4.69, 9.17) is 0 Å². The van der Waals surface area contributed by atoms with Crippen molar-refractivity contribution in [2.24, 2.45) is 0 Å². The van der Waals surface area contributed by atoms with Crippen molar-refractivity contribution in [1.82, 2.24) is 0 Å². The van der Waals surface area contributed by atoms with Crippen LogP contribution >= 0.6 is 0 Å². The average molecular weight is 653 g/mol. The zero-order chi connectivity index (χ0) is 35.0. The molecule has 0 aromatic heterocycles. The topological polar surface area (TPSA) is 121 Å². The van der Waals surface area contributed by atoms with Crippen LogP contribution in [-0.4, -0.2) is 30.6 Å². The van der Waals surface area contributed by atoms with Gasteiger partial charge in [0.1, 0.15) is 34.5 Å². The molecule has 0 aliphatic carbocycles. The lowest BCUT2D eigenvalue weighted by Gasteiger charge is -2.23. The highest BCUT2D eigenvalue weighted by Gasteiger charge is 2.24. The second-order valence-electron chi connectivity index (χ2n) is 13.0. The summed E-state index contributed by atoms with van der Waals surface area (Å²) >= 11 is 0. The average Bonchev–Trinajstić information content (AvgIpc) is 3.07. The van der Waals surface area contributed by atoms with Gasteiger partial charge in [-0.3, -0.25) is 0 Å². The number of phenolic OH excluding ortho intramolecular Hbond substituents is 6. The van der Waals surface area contributed by atoms with Crippen LogP contribution in [0.5, 0.6) is 34.5 Å². The van der Waals surface area contributed by atoms with Crippen LogP contribution < -0.4 is 0 Å². The van der Waals surface area contributed by atoms with E-state index in [1.807, 2.05) is 100 Å². The lowest BCUT2D eigenvalue weighted by atomic mass is 9.81. The van der Waals surface area contributed by atoms with Crippen LogP contribution in [0.25, 0.3) is 0 Å². The molecule has 6 heteroatoms. The fourth-order valence-electron chi connectivity index (χ4n) is 6.66. The molecule has 0 aliphatic heterocycles. The quantitative estimate of drug-likeness (QED) is 0.0913. The van der Waals surface area contributed by atoms with Crippen molar-refractivity contribution >= 4 is 0 Å². The molecule has 0 radical (unpaired) electrons. The summed E-state index contributed by atoms with van der Waals surface area (Å²) in [5, 5.41) is 63.6. The minimum Gasteiger partial charge on any atom is -0.508 e. The number of hydrogen-bond donors (Lipinski definition) is 6. The maximum absolute atomic E-state index is 11.3. The Morgan fingerprint density at radius 1 is 0.347 bits per heavy atom. The van der Waals surface area contributed by atoms with Gasteiger partial charge in [0.05, 0.1) is 0 Å². The van der Waals surface area contributed by atoms with Crippen molar-refractivity contribution in [3.8, 4) is 34.5 Å². The number of rotatable bonds is 8. The number of phenols is 6. The van der Waals surface area contributed by atoms with E-state index in [1.54, 1.807) is 36.4 Å². The zero-order valence-electron chi connectivity index (χ0n) is 27.9. The van der Waals surface area contributed by atoms with E-state index in [-0.39, 0.29) is 46.3 Å². The molecule has 0 aliphatic rings. The first-order valence-electron chi connectivity index (χ1n) is 16.2. The van der Waals surface area contributed by atoms with Gasteiger partial charge in [-0.2, -0.15) is 0 Å². The molecule has 6 nitrogen and oxygen atoms in total. The third-order valence-corrected chi connectivity index (χ3v) is 9.43. The smallest absolute Gasteiger partial charge is 0.119 e. The van der Waals surface area contributed by atoms with Crippen molar-refractivity contribution in [2.45, 2.75) is 46.0 Å². The molecule has 6 aromatic rings. The van der Waals surface area contributed by atoms with Crippen LogP contribution in [0, 0.1) is 27.7 Å². The highest BCUT2D eigenvalue weighted by molar-refractivity contribution is 5.56. The fourth-order valence-corrected chi connectivity index (χ4v) is 6.66. The Hall–Kier alpha value is -5.88. The van der Waals surface area contributed by atoms with E-state index in [9.17, 15) is 30.6 Å². The summed E-state index contributed by atoms with van der Waals surface area (Å²) in [6.07, 6.45) is 0.506. The van der Waals surface area contributed by atoms with E-state index in [0.29, 0.717) is 39.8 Å². The second kappa shape index (κ2) is 13.3. The van der Waals surface area contributed by atoms with Crippen molar-refractivity contribution in [1.29, 1.82) is 0 Å². The Bertz CT molecular complexity index is 1930. The molecular weight excluding hydrogens is 612 g/mol. The van der Waals surface area contributed by atoms with Crippen LogP contribution in [0.15, 0.2) is 109 Å². The van der Waals surface area contributed by atoms with Gasteiger partial charge in [-0.1, -0.05) is 72.8 Å². The Kier molecular flexibility index (Phi) is 8.98. The first kappa shape index (κ1) is 33.0. The van der Waals surface area contributed by atoms with Crippen molar-refractivity contribution in [3.63, 3.8) is 0 Å². The van der Waals surface area contributed by atoms with E-state index in [0.717, 1.165) is 33.4 Å².